The molecule has 5 nitrogen and oxygen atoms in total. The predicted molar refractivity (Wildman–Crippen MR) is 67.7 cm³/mol. The smallest absolute Gasteiger partial charge is 0.303 e. The molecule has 0 aliphatic rings. The van der Waals surface area contributed by atoms with Gasteiger partial charge in [-0.1, -0.05) is 29.8 Å². The quantitative estimate of drug-likeness (QED) is 0.597. The molecule has 19 heavy (non-hydrogen) atoms. The highest BCUT2D eigenvalue weighted by Crippen LogP contribution is 2.09. The van der Waals surface area contributed by atoms with Gasteiger partial charge in [0.25, 0.3) is 0 Å². The van der Waals surface area contributed by atoms with Crippen LogP contribution in [0.25, 0.3) is 0 Å². The van der Waals surface area contributed by atoms with E-state index in [2.05, 4.69) is 0 Å². The van der Waals surface area contributed by atoms with E-state index in [1.165, 1.54) is 13.8 Å². The van der Waals surface area contributed by atoms with E-state index >= 15 is 0 Å². The van der Waals surface area contributed by atoms with Gasteiger partial charge in [-0.2, -0.15) is 0 Å². The van der Waals surface area contributed by atoms with Gasteiger partial charge in [-0.3, -0.25) is 14.4 Å². The van der Waals surface area contributed by atoms with E-state index in [0.29, 0.717) is 5.56 Å². The molecule has 0 aliphatic carbocycles. The Morgan fingerprint density at radius 3 is 2.11 bits per heavy atom. The summed E-state index contributed by atoms with van der Waals surface area (Å²) in [6.07, 6.45) is -1.11. The van der Waals surface area contributed by atoms with Crippen molar-refractivity contribution in [2.45, 2.75) is 26.9 Å². The molecule has 0 saturated heterocycles. The van der Waals surface area contributed by atoms with Crippen LogP contribution in [0.15, 0.2) is 24.3 Å². The maximum Gasteiger partial charge on any atom is 0.303 e. The Morgan fingerprint density at radius 2 is 1.63 bits per heavy atom. The normalized spacial score (nSPS) is 11.5. The standard InChI is InChI=1S/C14H16O5/c1-9-4-6-12(7-5-9)14(17)13(19-11(3)16)8-18-10(2)15/h4-7,13H,8H2,1-3H3. The highest BCUT2D eigenvalue weighted by atomic mass is 16.6. The first-order valence-electron chi connectivity index (χ1n) is 5.81. The van der Waals surface area contributed by atoms with Crippen molar-refractivity contribution in [2.24, 2.45) is 0 Å². The van der Waals surface area contributed by atoms with Crippen molar-refractivity contribution in [2.75, 3.05) is 6.61 Å². The van der Waals surface area contributed by atoms with E-state index in [0.717, 1.165) is 5.56 Å². The third-order valence-electron chi connectivity index (χ3n) is 2.37. The number of carbonyl (C=O) groups excluding carboxylic acids is 3. The summed E-state index contributed by atoms with van der Waals surface area (Å²) in [5.41, 5.74) is 1.42. The van der Waals surface area contributed by atoms with Crippen LogP contribution < -0.4 is 0 Å². The minimum atomic E-state index is -1.11. The highest BCUT2D eigenvalue weighted by Gasteiger charge is 2.24. The number of aryl methyl sites for hydroxylation is 1. The second-order valence-electron chi connectivity index (χ2n) is 4.13. The Balaban J connectivity index is 2.83. The van der Waals surface area contributed by atoms with Crippen molar-refractivity contribution >= 4 is 17.7 Å². The molecular weight excluding hydrogens is 248 g/mol. The minimum absolute atomic E-state index is 0.276. The number of ketones is 1. The van der Waals surface area contributed by atoms with Gasteiger partial charge in [0.1, 0.15) is 6.61 Å². The van der Waals surface area contributed by atoms with Gasteiger partial charge in [0.15, 0.2) is 6.10 Å². The summed E-state index contributed by atoms with van der Waals surface area (Å²) in [4.78, 5) is 33.9. The molecule has 0 radical (unpaired) electrons. The van der Waals surface area contributed by atoms with E-state index in [4.69, 9.17) is 9.47 Å². The monoisotopic (exact) mass is 264 g/mol. The summed E-state index contributed by atoms with van der Waals surface area (Å²) >= 11 is 0. The van der Waals surface area contributed by atoms with E-state index in [1.807, 2.05) is 6.92 Å². The molecule has 1 atom stereocenters. The number of hydrogen-bond acceptors (Lipinski definition) is 5. The first-order valence-corrected chi connectivity index (χ1v) is 5.81. The number of ether oxygens (including phenoxy) is 2. The lowest BCUT2D eigenvalue weighted by Crippen LogP contribution is -2.32. The van der Waals surface area contributed by atoms with Crippen molar-refractivity contribution in [1.82, 2.24) is 0 Å². The summed E-state index contributed by atoms with van der Waals surface area (Å²) in [7, 11) is 0. The third kappa shape index (κ3) is 4.91. The Labute approximate surface area is 111 Å². The third-order valence-corrected chi connectivity index (χ3v) is 2.37. The molecule has 0 heterocycles. The van der Waals surface area contributed by atoms with Crippen LogP contribution in [0.2, 0.25) is 0 Å². The average Bonchev–Trinajstić information content (AvgIpc) is 2.34. The second kappa shape index (κ2) is 6.68. The largest absolute Gasteiger partial charge is 0.461 e. The Kier molecular flexibility index (Phi) is 5.23. The van der Waals surface area contributed by atoms with Gasteiger partial charge >= 0.3 is 11.9 Å². The van der Waals surface area contributed by atoms with Crippen LogP contribution >= 0.6 is 0 Å². The molecule has 0 aliphatic heterocycles. The molecular formula is C14H16O5. The van der Waals surface area contributed by atoms with Crippen LogP contribution in [-0.4, -0.2) is 30.4 Å². The number of esters is 2. The molecule has 0 saturated carbocycles. The van der Waals surface area contributed by atoms with Crippen molar-refractivity contribution in [3.05, 3.63) is 35.4 Å². The van der Waals surface area contributed by atoms with Gasteiger partial charge < -0.3 is 9.47 Å². The van der Waals surface area contributed by atoms with Crippen LogP contribution in [0.1, 0.15) is 29.8 Å². The van der Waals surface area contributed by atoms with E-state index in [-0.39, 0.29) is 6.61 Å². The van der Waals surface area contributed by atoms with Crippen molar-refractivity contribution in [3.8, 4) is 0 Å². The first kappa shape index (κ1) is 14.9. The SMILES string of the molecule is CC(=O)OCC(OC(C)=O)C(=O)c1ccc(C)cc1. The van der Waals surface area contributed by atoms with Gasteiger partial charge in [0.2, 0.25) is 5.78 Å². The van der Waals surface area contributed by atoms with Gasteiger partial charge in [0.05, 0.1) is 0 Å². The lowest BCUT2D eigenvalue weighted by molar-refractivity contribution is -0.153. The van der Waals surface area contributed by atoms with Gasteiger partial charge in [0, 0.05) is 19.4 Å². The molecule has 5 heteroatoms. The molecule has 0 fully saturated rings. The van der Waals surface area contributed by atoms with Gasteiger partial charge in [-0.15, -0.1) is 0 Å². The maximum atomic E-state index is 12.1. The second-order valence-corrected chi connectivity index (χ2v) is 4.13. The minimum Gasteiger partial charge on any atom is -0.461 e. The van der Waals surface area contributed by atoms with Crippen LogP contribution in [0.3, 0.4) is 0 Å². The predicted octanol–water partition coefficient (Wildman–Crippen LogP) is 1.67. The van der Waals surface area contributed by atoms with E-state index in [1.54, 1.807) is 24.3 Å². The molecule has 1 aromatic carbocycles. The molecule has 0 bridgehead atoms. The molecule has 0 amide bonds. The number of benzene rings is 1. The zero-order valence-corrected chi connectivity index (χ0v) is 11.1. The molecule has 1 aromatic rings. The molecule has 1 rings (SSSR count). The fourth-order valence-corrected chi connectivity index (χ4v) is 1.46. The van der Waals surface area contributed by atoms with Gasteiger partial charge in [-0.05, 0) is 6.92 Å². The summed E-state index contributed by atoms with van der Waals surface area (Å²) in [6.45, 7) is 4.04. The molecule has 0 aromatic heterocycles. The average molecular weight is 264 g/mol. The summed E-state index contributed by atoms with van der Waals surface area (Å²) < 4.78 is 9.62. The molecule has 0 spiro atoms. The summed E-state index contributed by atoms with van der Waals surface area (Å²) in [5, 5.41) is 0. The fraction of sp³-hybridized carbons (Fsp3) is 0.357. The van der Waals surface area contributed by atoms with Crippen LogP contribution in [-0.2, 0) is 19.1 Å². The highest BCUT2D eigenvalue weighted by molar-refractivity contribution is 6.00. The van der Waals surface area contributed by atoms with E-state index < -0.39 is 23.8 Å². The summed E-state index contributed by atoms with van der Waals surface area (Å²) in [6, 6.07) is 6.84. The Hall–Kier alpha value is -2.17. The Morgan fingerprint density at radius 1 is 1.05 bits per heavy atom. The zero-order chi connectivity index (χ0) is 14.4. The van der Waals surface area contributed by atoms with Crippen molar-refractivity contribution in [1.29, 1.82) is 0 Å². The zero-order valence-electron chi connectivity index (χ0n) is 11.1. The first-order chi connectivity index (χ1) is 8.90. The number of carbonyl (C=O) groups is 3. The molecule has 102 valence electrons. The lowest BCUT2D eigenvalue weighted by Gasteiger charge is -2.15. The van der Waals surface area contributed by atoms with Crippen LogP contribution in [0, 0.1) is 6.92 Å². The summed E-state index contributed by atoms with van der Waals surface area (Å²) in [5.74, 6) is -1.53. The van der Waals surface area contributed by atoms with E-state index in [9.17, 15) is 14.4 Å². The lowest BCUT2D eigenvalue weighted by atomic mass is 10.1. The van der Waals surface area contributed by atoms with Crippen molar-refractivity contribution < 1.29 is 23.9 Å². The van der Waals surface area contributed by atoms with Crippen LogP contribution in [0.5, 0.6) is 0 Å². The Bertz CT molecular complexity index is 475. The number of rotatable bonds is 5. The molecule has 1 unspecified atom stereocenters. The van der Waals surface area contributed by atoms with Crippen LogP contribution in [0.4, 0.5) is 0 Å². The topological polar surface area (TPSA) is 69.7 Å². The maximum absolute atomic E-state index is 12.1. The van der Waals surface area contributed by atoms with Crippen molar-refractivity contribution in [3.63, 3.8) is 0 Å². The number of hydrogen-bond donors (Lipinski definition) is 0. The number of Topliss-reactive ketones (excluding diaryl/α,β-unsaturated/α-hetero) is 1. The molecule has 0 N–H and O–H groups in total. The van der Waals surface area contributed by atoms with Gasteiger partial charge in [-0.25, -0.2) is 0 Å². The fourth-order valence-electron chi connectivity index (χ4n) is 1.46.